The lowest BCUT2D eigenvalue weighted by molar-refractivity contribution is -0.113. The second-order valence-electron chi connectivity index (χ2n) is 7.16. The van der Waals surface area contributed by atoms with Gasteiger partial charge >= 0.3 is 0 Å². The van der Waals surface area contributed by atoms with Gasteiger partial charge in [0.2, 0.25) is 11.1 Å². The van der Waals surface area contributed by atoms with E-state index in [9.17, 15) is 9.59 Å². The van der Waals surface area contributed by atoms with E-state index in [0.29, 0.717) is 10.9 Å². The minimum absolute atomic E-state index is 0.148. The van der Waals surface area contributed by atoms with E-state index in [-0.39, 0.29) is 23.0 Å². The number of fused-ring (bicyclic) bond motifs is 1. The smallest absolute Gasteiger partial charge is 0.274 e. The molecule has 0 atom stereocenters. The van der Waals surface area contributed by atoms with E-state index in [2.05, 4.69) is 32.5 Å². The molecule has 0 saturated carbocycles. The van der Waals surface area contributed by atoms with Crippen molar-refractivity contribution in [3.63, 3.8) is 0 Å². The van der Waals surface area contributed by atoms with Gasteiger partial charge in [-0.25, -0.2) is 0 Å². The van der Waals surface area contributed by atoms with E-state index in [1.807, 2.05) is 45.0 Å². The second kappa shape index (κ2) is 7.51. The van der Waals surface area contributed by atoms with Crippen molar-refractivity contribution in [3.8, 4) is 0 Å². The summed E-state index contributed by atoms with van der Waals surface area (Å²) in [6, 6.07) is 7.75. The highest BCUT2D eigenvalue weighted by Crippen LogP contribution is 2.19. The molecular formula is C18H22N6O2S. The summed E-state index contributed by atoms with van der Waals surface area (Å²) in [5.74, 6) is 0.264. The van der Waals surface area contributed by atoms with Crippen LogP contribution in [0.2, 0.25) is 0 Å². The molecule has 9 heteroatoms. The number of nitrogens with zero attached hydrogens (tertiary/aromatic N) is 4. The molecule has 27 heavy (non-hydrogen) atoms. The monoisotopic (exact) mass is 386 g/mol. The maximum absolute atomic E-state index is 12.3. The lowest BCUT2D eigenvalue weighted by atomic mass is 9.93. The number of H-pyrrole nitrogens is 1. The molecule has 0 bridgehead atoms. The highest BCUT2D eigenvalue weighted by Gasteiger charge is 2.22. The highest BCUT2D eigenvalue weighted by molar-refractivity contribution is 7.99. The Labute approximate surface area is 160 Å². The zero-order valence-electron chi connectivity index (χ0n) is 15.7. The maximum Gasteiger partial charge on any atom is 0.274 e. The summed E-state index contributed by atoms with van der Waals surface area (Å²) >= 11 is 1.21. The first-order chi connectivity index (χ1) is 12.8. The second-order valence-corrected chi connectivity index (χ2v) is 8.10. The van der Waals surface area contributed by atoms with E-state index in [0.717, 1.165) is 17.7 Å². The molecular weight excluding hydrogens is 364 g/mol. The predicted molar refractivity (Wildman–Crippen MR) is 105 cm³/mol. The molecule has 0 aliphatic carbocycles. The van der Waals surface area contributed by atoms with Gasteiger partial charge in [0.15, 0.2) is 0 Å². The van der Waals surface area contributed by atoms with Crippen LogP contribution in [0, 0.1) is 0 Å². The minimum Gasteiger partial charge on any atom is -0.325 e. The number of hydrogen-bond donors (Lipinski definition) is 2. The van der Waals surface area contributed by atoms with Gasteiger partial charge in [-0.15, -0.1) is 10.2 Å². The fraction of sp³-hybridized carbons (Fsp3) is 0.389. The van der Waals surface area contributed by atoms with Gasteiger partial charge in [-0.1, -0.05) is 51.6 Å². The Morgan fingerprint density at radius 3 is 2.78 bits per heavy atom. The number of anilines is 1. The van der Waals surface area contributed by atoms with Crippen molar-refractivity contribution in [2.45, 2.75) is 44.7 Å². The summed E-state index contributed by atoms with van der Waals surface area (Å²) in [6.45, 7) is 7.79. The van der Waals surface area contributed by atoms with Crippen molar-refractivity contribution in [1.29, 1.82) is 0 Å². The number of aromatic nitrogens is 5. The van der Waals surface area contributed by atoms with Crippen LogP contribution < -0.4 is 10.9 Å². The fourth-order valence-electron chi connectivity index (χ4n) is 2.52. The van der Waals surface area contributed by atoms with Crippen LogP contribution in [-0.2, 0) is 16.6 Å². The standard InChI is InChI=1S/C18H22N6O2S/c1-5-11-7-6-8-12(9-11)19-13(25)10-27-17-22-21-16-20-15(26)14(18(2,3)4)23-24(16)17/h6-9H,5,10H2,1-4H3,(H,19,25)(H,20,21,26). The number of aromatic amines is 1. The van der Waals surface area contributed by atoms with Crippen LogP contribution in [0.1, 0.15) is 39.0 Å². The number of carbonyl (C=O) groups is 1. The van der Waals surface area contributed by atoms with Crippen molar-refractivity contribution in [1.82, 2.24) is 24.8 Å². The molecule has 3 rings (SSSR count). The molecule has 0 radical (unpaired) electrons. The molecule has 0 fully saturated rings. The SMILES string of the molecule is CCc1cccc(NC(=O)CSc2nnc3[nH]c(=O)c(C(C)(C)C)nn23)c1. The molecule has 8 nitrogen and oxygen atoms in total. The summed E-state index contributed by atoms with van der Waals surface area (Å²) in [7, 11) is 0. The van der Waals surface area contributed by atoms with Crippen LogP contribution in [0.4, 0.5) is 5.69 Å². The van der Waals surface area contributed by atoms with Crippen LogP contribution in [-0.4, -0.2) is 36.5 Å². The van der Waals surface area contributed by atoms with Crippen molar-refractivity contribution >= 4 is 29.1 Å². The summed E-state index contributed by atoms with van der Waals surface area (Å²) in [4.78, 5) is 27.1. The van der Waals surface area contributed by atoms with Gasteiger partial charge in [0.25, 0.3) is 11.3 Å². The zero-order chi connectivity index (χ0) is 19.6. The third-order valence-corrected chi connectivity index (χ3v) is 4.83. The zero-order valence-corrected chi connectivity index (χ0v) is 16.6. The van der Waals surface area contributed by atoms with Gasteiger partial charge in [0, 0.05) is 11.1 Å². The molecule has 2 N–H and O–H groups in total. The molecule has 0 unspecified atom stereocenters. The summed E-state index contributed by atoms with van der Waals surface area (Å²) in [6.07, 6.45) is 0.907. The number of thioether (sulfide) groups is 1. The summed E-state index contributed by atoms with van der Waals surface area (Å²) in [5, 5.41) is 15.7. The van der Waals surface area contributed by atoms with Gasteiger partial charge < -0.3 is 5.32 Å². The number of aryl methyl sites for hydroxylation is 1. The Kier molecular flexibility index (Phi) is 5.31. The molecule has 3 aromatic rings. The average Bonchev–Trinajstić information content (AvgIpc) is 3.00. The molecule has 0 saturated heterocycles. The first-order valence-corrected chi connectivity index (χ1v) is 9.64. The average molecular weight is 386 g/mol. The van der Waals surface area contributed by atoms with Gasteiger partial charge in [0.05, 0.1) is 5.75 Å². The predicted octanol–water partition coefficient (Wildman–Crippen LogP) is 2.40. The Bertz CT molecular complexity index is 1030. The van der Waals surface area contributed by atoms with Crippen LogP contribution in [0.25, 0.3) is 5.78 Å². The van der Waals surface area contributed by atoms with Crippen molar-refractivity contribution in [2.75, 3.05) is 11.1 Å². The lowest BCUT2D eigenvalue weighted by Gasteiger charge is -2.15. The third-order valence-electron chi connectivity index (χ3n) is 3.91. The molecule has 0 aliphatic heterocycles. The number of benzene rings is 1. The number of amides is 1. The molecule has 2 aromatic heterocycles. The highest BCUT2D eigenvalue weighted by atomic mass is 32.2. The maximum atomic E-state index is 12.3. The Hall–Kier alpha value is -2.68. The first kappa shape index (κ1) is 19.1. The van der Waals surface area contributed by atoms with E-state index in [4.69, 9.17) is 0 Å². The normalized spacial score (nSPS) is 11.7. The molecule has 0 aliphatic rings. The fourth-order valence-corrected chi connectivity index (χ4v) is 3.20. The molecule has 2 heterocycles. The number of hydrogen-bond acceptors (Lipinski definition) is 6. The van der Waals surface area contributed by atoms with Crippen molar-refractivity contribution in [2.24, 2.45) is 0 Å². The number of carbonyl (C=O) groups excluding carboxylic acids is 1. The summed E-state index contributed by atoms with van der Waals surface area (Å²) < 4.78 is 1.47. The summed E-state index contributed by atoms with van der Waals surface area (Å²) in [5.41, 5.74) is 1.61. The number of nitrogens with one attached hydrogen (secondary N) is 2. The largest absolute Gasteiger partial charge is 0.325 e. The Balaban J connectivity index is 1.75. The van der Waals surface area contributed by atoms with Gasteiger partial charge in [0.1, 0.15) is 5.69 Å². The molecule has 1 amide bonds. The van der Waals surface area contributed by atoms with Crippen LogP contribution in [0.5, 0.6) is 0 Å². The topological polar surface area (TPSA) is 105 Å². The van der Waals surface area contributed by atoms with E-state index in [1.54, 1.807) is 0 Å². The van der Waals surface area contributed by atoms with Gasteiger partial charge in [-0.2, -0.15) is 9.61 Å². The molecule has 142 valence electrons. The first-order valence-electron chi connectivity index (χ1n) is 8.65. The van der Waals surface area contributed by atoms with Crippen LogP contribution in [0.15, 0.2) is 34.2 Å². The quantitative estimate of drug-likeness (QED) is 0.653. The van der Waals surface area contributed by atoms with E-state index >= 15 is 0 Å². The Morgan fingerprint density at radius 2 is 2.07 bits per heavy atom. The Morgan fingerprint density at radius 1 is 1.30 bits per heavy atom. The third kappa shape index (κ3) is 4.36. The molecule has 0 spiro atoms. The van der Waals surface area contributed by atoms with E-state index < -0.39 is 5.41 Å². The minimum atomic E-state index is -0.421. The van der Waals surface area contributed by atoms with E-state index in [1.165, 1.54) is 16.3 Å². The van der Waals surface area contributed by atoms with Crippen LogP contribution >= 0.6 is 11.8 Å². The lowest BCUT2D eigenvalue weighted by Crippen LogP contribution is -2.28. The van der Waals surface area contributed by atoms with Gasteiger partial charge in [-0.05, 0) is 24.1 Å². The molecule has 1 aromatic carbocycles. The number of rotatable bonds is 5. The van der Waals surface area contributed by atoms with Crippen molar-refractivity contribution < 1.29 is 4.79 Å². The van der Waals surface area contributed by atoms with Gasteiger partial charge in [-0.3, -0.25) is 14.6 Å². The van der Waals surface area contributed by atoms with Crippen molar-refractivity contribution in [3.05, 3.63) is 45.9 Å². The van der Waals surface area contributed by atoms with Crippen LogP contribution in [0.3, 0.4) is 0 Å².